The van der Waals surface area contributed by atoms with E-state index in [2.05, 4.69) is 5.32 Å². The Balaban J connectivity index is 1.98. The maximum Gasteiger partial charge on any atom is 0.416 e. The highest BCUT2D eigenvalue weighted by molar-refractivity contribution is 5.45. The monoisotopic (exact) mass is 295 g/mol. The number of benzene rings is 2. The Bertz CT molecular complexity index is 579. The summed E-state index contributed by atoms with van der Waals surface area (Å²) >= 11 is 0. The van der Waals surface area contributed by atoms with E-state index < -0.39 is 11.7 Å². The summed E-state index contributed by atoms with van der Waals surface area (Å²) in [4.78, 5) is 0. The number of ether oxygens (including phenoxy) is 1. The highest BCUT2D eigenvalue weighted by atomic mass is 19.4. The van der Waals surface area contributed by atoms with E-state index >= 15 is 0 Å². The van der Waals surface area contributed by atoms with Crippen LogP contribution in [0.25, 0.3) is 0 Å². The fourth-order valence-corrected chi connectivity index (χ4v) is 1.98. The molecule has 0 aliphatic heterocycles. The Kier molecular flexibility index (Phi) is 4.85. The normalized spacial score (nSPS) is 11.4. The van der Waals surface area contributed by atoms with Gasteiger partial charge in [-0.2, -0.15) is 13.2 Å². The number of anilines is 1. The summed E-state index contributed by atoms with van der Waals surface area (Å²) in [6, 6.07) is 12.9. The average molecular weight is 295 g/mol. The molecule has 0 saturated carbocycles. The molecule has 0 aliphatic rings. The van der Waals surface area contributed by atoms with Crippen molar-refractivity contribution in [2.45, 2.75) is 19.3 Å². The van der Waals surface area contributed by atoms with E-state index in [1.807, 2.05) is 24.3 Å². The second-order valence-corrected chi connectivity index (χ2v) is 4.68. The van der Waals surface area contributed by atoms with E-state index in [9.17, 15) is 13.2 Å². The Morgan fingerprint density at radius 2 is 1.67 bits per heavy atom. The number of hydrogen-bond acceptors (Lipinski definition) is 2. The molecule has 0 aliphatic carbocycles. The molecule has 0 heterocycles. The van der Waals surface area contributed by atoms with Crippen molar-refractivity contribution in [1.82, 2.24) is 0 Å². The topological polar surface area (TPSA) is 21.3 Å². The van der Waals surface area contributed by atoms with Crippen LogP contribution in [0.3, 0.4) is 0 Å². The first-order chi connectivity index (χ1) is 9.99. The fraction of sp³-hybridized carbons (Fsp3) is 0.250. The van der Waals surface area contributed by atoms with Crippen LogP contribution in [0.15, 0.2) is 48.5 Å². The highest BCUT2D eigenvalue weighted by Gasteiger charge is 2.29. The molecule has 0 aromatic heterocycles. The molecule has 0 amide bonds. The van der Waals surface area contributed by atoms with E-state index in [4.69, 9.17) is 4.74 Å². The minimum absolute atomic E-state index is 0.536. The van der Waals surface area contributed by atoms with Crippen molar-refractivity contribution in [1.29, 1.82) is 0 Å². The Labute approximate surface area is 121 Å². The Morgan fingerprint density at radius 1 is 1.00 bits per heavy atom. The molecule has 2 aromatic rings. The summed E-state index contributed by atoms with van der Waals surface area (Å²) in [7, 11) is 1.63. The lowest BCUT2D eigenvalue weighted by Gasteiger charge is -2.10. The number of hydrogen-bond donors (Lipinski definition) is 1. The number of nitrogens with one attached hydrogen (secondary N) is 1. The molecule has 0 fully saturated rings. The van der Waals surface area contributed by atoms with Crippen LogP contribution in [-0.4, -0.2) is 7.11 Å². The van der Waals surface area contributed by atoms with E-state index in [0.717, 1.165) is 23.3 Å². The van der Waals surface area contributed by atoms with Crippen LogP contribution < -0.4 is 5.32 Å². The Hall–Kier alpha value is -2.01. The van der Waals surface area contributed by atoms with Crippen LogP contribution in [0.1, 0.15) is 16.7 Å². The molecule has 0 unspecified atom stereocenters. The van der Waals surface area contributed by atoms with Gasteiger partial charge in [0.05, 0.1) is 12.2 Å². The SMILES string of the molecule is COCc1cccc(CNc2ccc(C(F)(F)F)cc2)c1. The zero-order valence-corrected chi connectivity index (χ0v) is 11.6. The summed E-state index contributed by atoms with van der Waals surface area (Å²) in [5, 5.41) is 3.10. The van der Waals surface area contributed by atoms with Crippen LogP contribution in [0.5, 0.6) is 0 Å². The molecule has 0 atom stereocenters. The van der Waals surface area contributed by atoms with Crippen LogP contribution in [-0.2, 0) is 24.1 Å². The number of halogens is 3. The standard InChI is InChI=1S/C16H16F3NO/c1-21-11-13-4-2-3-12(9-13)10-20-15-7-5-14(6-8-15)16(17,18)19/h2-9,20H,10-11H2,1H3. The van der Waals surface area contributed by atoms with Crippen molar-refractivity contribution in [2.75, 3.05) is 12.4 Å². The first-order valence-corrected chi connectivity index (χ1v) is 6.47. The lowest BCUT2D eigenvalue weighted by atomic mass is 10.1. The van der Waals surface area contributed by atoms with Crippen molar-refractivity contribution in [3.8, 4) is 0 Å². The smallest absolute Gasteiger partial charge is 0.381 e. The third-order valence-corrected chi connectivity index (χ3v) is 3.01. The number of methoxy groups -OCH3 is 1. The van der Waals surface area contributed by atoms with Crippen molar-refractivity contribution in [2.24, 2.45) is 0 Å². The van der Waals surface area contributed by atoms with Gasteiger partial charge >= 0.3 is 6.18 Å². The maximum absolute atomic E-state index is 12.5. The molecular weight excluding hydrogens is 279 g/mol. The molecule has 5 heteroatoms. The number of alkyl halides is 3. The largest absolute Gasteiger partial charge is 0.416 e. The summed E-state index contributed by atoms with van der Waals surface area (Å²) < 4.78 is 42.4. The third kappa shape index (κ3) is 4.49. The molecule has 2 rings (SSSR count). The summed E-state index contributed by atoms with van der Waals surface area (Å²) in [5.41, 5.74) is 2.11. The van der Waals surface area contributed by atoms with Gasteiger partial charge in [-0.3, -0.25) is 0 Å². The van der Waals surface area contributed by atoms with Gasteiger partial charge in [0, 0.05) is 19.3 Å². The first-order valence-electron chi connectivity index (χ1n) is 6.47. The summed E-state index contributed by atoms with van der Waals surface area (Å²) in [6.07, 6.45) is -4.30. The average Bonchev–Trinajstić information content (AvgIpc) is 2.45. The van der Waals surface area contributed by atoms with Crippen LogP contribution in [0, 0.1) is 0 Å². The first kappa shape index (κ1) is 15.4. The summed E-state index contributed by atoms with van der Waals surface area (Å²) in [5.74, 6) is 0. The third-order valence-electron chi connectivity index (χ3n) is 3.01. The molecule has 0 bridgehead atoms. The van der Waals surface area contributed by atoms with Crippen molar-refractivity contribution >= 4 is 5.69 Å². The van der Waals surface area contributed by atoms with Crippen LogP contribution in [0.2, 0.25) is 0 Å². The highest BCUT2D eigenvalue weighted by Crippen LogP contribution is 2.29. The molecule has 112 valence electrons. The molecular formula is C16H16F3NO. The van der Waals surface area contributed by atoms with Gasteiger partial charge in [0.25, 0.3) is 0 Å². The van der Waals surface area contributed by atoms with Gasteiger partial charge in [-0.05, 0) is 35.4 Å². The molecule has 0 spiro atoms. The second kappa shape index (κ2) is 6.63. The van der Waals surface area contributed by atoms with Gasteiger partial charge in [0.2, 0.25) is 0 Å². The van der Waals surface area contributed by atoms with Crippen molar-refractivity contribution < 1.29 is 17.9 Å². The minimum atomic E-state index is -4.30. The molecule has 2 aromatic carbocycles. The minimum Gasteiger partial charge on any atom is -0.381 e. The van der Waals surface area contributed by atoms with E-state index in [0.29, 0.717) is 18.8 Å². The Morgan fingerprint density at radius 3 is 2.29 bits per heavy atom. The lowest BCUT2D eigenvalue weighted by Crippen LogP contribution is -2.05. The van der Waals surface area contributed by atoms with Gasteiger partial charge in [0.1, 0.15) is 0 Å². The van der Waals surface area contributed by atoms with E-state index in [1.165, 1.54) is 12.1 Å². The lowest BCUT2D eigenvalue weighted by molar-refractivity contribution is -0.137. The van der Waals surface area contributed by atoms with Crippen molar-refractivity contribution in [3.63, 3.8) is 0 Å². The zero-order valence-electron chi connectivity index (χ0n) is 11.6. The molecule has 21 heavy (non-hydrogen) atoms. The van der Waals surface area contributed by atoms with Gasteiger partial charge in [-0.1, -0.05) is 24.3 Å². The van der Waals surface area contributed by atoms with Gasteiger partial charge in [0.15, 0.2) is 0 Å². The van der Waals surface area contributed by atoms with E-state index in [-0.39, 0.29) is 0 Å². The van der Waals surface area contributed by atoms with Crippen LogP contribution >= 0.6 is 0 Å². The van der Waals surface area contributed by atoms with Crippen molar-refractivity contribution in [3.05, 3.63) is 65.2 Å². The molecule has 1 N–H and O–H groups in total. The molecule has 2 nitrogen and oxygen atoms in total. The predicted octanol–water partition coefficient (Wildman–Crippen LogP) is 4.46. The van der Waals surface area contributed by atoms with Gasteiger partial charge in [-0.15, -0.1) is 0 Å². The quantitative estimate of drug-likeness (QED) is 0.879. The molecule has 0 radical (unpaired) electrons. The van der Waals surface area contributed by atoms with Crippen LogP contribution in [0.4, 0.5) is 18.9 Å². The summed E-state index contributed by atoms with van der Waals surface area (Å²) in [6.45, 7) is 1.08. The zero-order chi connectivity index (χ0) is 15.3. The van der Waals surface area contributed by atoms with Gasteiger partial charge in [-0.25, -0.2) is 0 Å². The maximum atomic E-state index is 12.5. The van der Waals surface area contributed by atoms with Gasteiger partial charge < -0.3 is 10.1 Å². The predicted molar refractivity (Wildman–Crippen MR) is 75.9 cm³/mol. The fourth-order valence-electron chi connectivity index (χ4n) is 1.98. The number of rotatable bonds is 5. The molecule has 0 saturated heterocycles. The van der Waals surface area contributed by atoms with E-state index in [1.54, 1.807) is 7.11 Å². The second-order valence-electron chi connectivity index (χ2n) is 4.68.